The molecule has 0 spiro atoms. The molecule has 3 aliphatic carbocycles. The van der Waals surface area contributed by atoms with Crippen molar-refractivity contribution < 1.29 is 104 Å². The minimum absolute atomic E-state index is 0. The largest absolute Gasteiger partial charge is 0.512 e. The Labute approximate surface area is 566 Å². The Morgan fingerprint density at radius 2 is 0.700 bits per heavy atom. The van der Waals surface area contributed by atoms with Crippen LogP contribution in [-0.4, -0.2) is 65.0 Å². The van der Waals surface area contributed by atoms with Crippen molar-refractivity contribution in [2.45, 2.75) is 83.1 Å². The predicted molar refractivity (Wildman–Crippen MR) is 342 cm³/mol. The molecular formula is C75H66Ir3N3O9-3. The molecule has 0 unspecified atom stereocenters. The molecule has 0 fully saturated rings. The predicted octanol–water partition coefficient (Wildman–Crippen LogP) is 16.2. The van der Waals surface area contributed by atoms with Crippen LogP contribution in [0.15, 0.2) is 181 Å². The molecular weight excluding hydrogens is 1660 g/mol. The summed E-state index contributed by atoms with van der Waals surface area (Å²) in [4.78, 5) is 81.3. The Morgan fingerprint density at radius 1 is 0.367 bits per heavy atom. The third kappa shape index (κ3) is 18.9. The minimum Gasteiger partial charge on any atom is -0.512 e. The van der Waals surface area contributed by atoms with Gasteiger partial charge in [0.05, 0.1) is 17.3 Å². The summed E-state index contributed by atoms with van der Waals surface area (Å²) in [6, 6.07) is 51.4. The van der Waals surface area contributed by atoms with Gasteiger partial charge in [0.2, 0.25) is 0 Å². The molecule has 3 aromatic heterocycles. The van der Waals surface area contributed by atoms with Crippen LogP contribution >= 0.6 is 0 Å². The van der Waals surface area contributed by atoms with Crippen molar-refractivity contribution in [3.05, 3.63) is 266 Å². The number of hydrogen-bond acceptors (Lipinski definition) is 12. The van der Waals surface area contributed by atoms with Crippen molar-refractivity contribution in [1.29, 1.82) is 0 Å². The molecule has 6 aromatic carbocycles. The maximum atomic E-state index is 12.8. The van der Waals surface area contributed by atoms with Crippen molar-refractivity contribution >= 4 is 34.7 Å². The number of allylic oxidation sites excluding steroid dienone is 6. The van der Waals surface area contributed by atoms with E-state index in [1.807, 2.05) is 131 Å². The van der Waals surface area contributed by atoms with E-state index in [4.69, 9.17) is 15.3 Å². The van der Waals surface area contributed by atoms with E-state index in [0.717, 1.165) is 112 Å². The summed E-state index contributed by atoms with van der Waals surface area (Å²) in [7, 11) is 0. The standard InChI is InChI=1S/3C20H14NO.3C5H8O2.3Ir/c1-12-7-13(2)9-14(8-12)19-10-17-18(11-21-19)15-5-3-4-6-16(15)20(17)22;1-12-7-13(2)9-14(8-12)19-10-17-15-5-3-4-6-16(15)20(22)18(17)11-21-19;1-12-9-13(2)11-14(10-12)19-18-16(7-8-21-19)15-5-3-4-6-17(15)20(18)22;3*1-4(6)3-5(2)7;;;/h2*3-8,10-11H,1-2H3;3-10H,1-2H3;3*3,6H,1-2H3;;;/q3*-1;;;;;;. The van der Waals surface area contributed by atoms with E-state index in [9.17, 15) is 28.8 Å². The van der Waals surface area contributed by atoms with Crippen LogP contribution in [0.2, 0.25) is 0 Å². The molecule has 3 N–H and O–H groups in total. The van der Waals surface area contributed by atoms with Gasteiger partial charge in [-0.15, -0.1) is 105 Å². The molecule has 9 aromatic rings. The number of aromatic nitrogens is 3. The molecule has 0 bridgehead atoms. The summed E-state index contributed by atoms with van der Waals surface area (Å²) in [5, 5.41) is 25.1. The van der Waals surface area contributed by atoms with Crippen LogP contribution in [0, 0.1) is 59.7 Å². The second-order valence-electron chi connectivity index (χ2n) is 21.4. The van der Waals surface area contributed by atoms with Gasteiger partial charge in [0.1, 0.15) is 0 Å². The van der Waals surface area contributed by atoms with Crippen LogP contribution in [0.3, 0.4) is 0 Å². The summed E-state index contributed by atoms with van der Waals surface area (Å²) >= 11 is 0. The van der Waals surface area contributed by atoms with Gasteiger partial charge in [-0.05, 0) is 92.5 Å². The Kier molecular flexibility index (Phi) is 27.3. The van der Waals surface area contributed by atoms with Gasteiger partial charge in [0, 0.05) is 136 Å². The first-order valence-electron chi connectivity index (χ1n) is 27.9. The summed E-state index contributed by atoms with van der Waals surface area (Å²) in [5.41, 5.74) is 22.1. The molecule has 0 atom stereocenters. The van der Waals surface area contributed by atoms with Gasteiger partial charge < -0.3 is 30.3 Å². The van der Waals surface area contributed by atoms with Crippen LogP contribution in [-0.2, 0) is 74.7 Å². The van der Waals surface area contributed by atoms with Gasteiger partial charge in [0.15, 0.2) is 34.7 Å². The Morgan fingerprint density at radius 3 is 1.09 bits per heavy atom. The number of aryl methyl sites for hydroxylation is 6. The van der Waals surface area contributed by atoms with E-state index in [2.05, 4.69) is 71.3 Å². The minimum atomic E-state index is -0.125. The van der Waals surface area contributed by atoms with E-state index in [1.165, 1.54) is 70.9 Å². The SMILES string of the molecule is CC(=O)C=C(C)O.CC(=O)C=C(C)O.CC(=O)C=C(C)O.Cc1[c-]c(-c2cc3c(cn2)-c2ccccc2C3=O)cc(C)c1.Cc1[c-]c(-c2cc3c(cn2)C(=O)c2ccccc2-3)cc(C)c1.Cc1[c-]c(-c2nccc3c2C(=O)c2ccccc2-3)cc(C)c1.[Ir].[Ir].[Ir]. The molecule has 465 valence electrons. The fourth-order valence-electron chi connectivity index (χ4n) is 10.3. The second kappa shape index (κ2) is 33.3. The normalized spacial score (nSPS) is 11.6. The van der Waals surface area contributed by atoms with Gasteiger partial charge in [-0.25, -0.2) is 0 Å². The zero-order valence-corrected chi connectivity index (χ0v) is 58.9. The summed E-state index contributed by atoms with van der Waals surface area (Å²) in [6.45, 7) is 20.8. The fraction of sp³-hybridized carbons (Fsp3) is 0.160. The monoisotopic (exact) mass is 1730 g/mol. The third-order valence-corrected chi connectivity index (χ3v) is 13.3. The Balaban J connectivity index is 0.000000245. The average Bonchev–Trinajstić information content (AvgIpc) is 1.62. The molecule has 0 saturated heterocycles. The van der Waals surface area contributed by atoms with E-state index >= 15 is 0 Å². The van der Waals surface area contributed by atoms with Gasteiger partial charge in [-0.1, -0.05) is 126 Å². The van der Waals surface area contributed by atoms with Crippen molar-refractivity contribution in [3.8, 4) is 67.2 Å². The van der Waals surface area contributed by atoms with Crippen LogP contribution < -0.4 is 0 Å². The fourth-order valence-corrected chi connectivity index (χ4v) is 10.3. The van der Waals surface area contributed by atoms with Crippen LogP contribution in [0.1, 0.15) is 123 Å². The zero-order valence-electron chi connectivity index (χ0n) is 51.7. The molecule has 90 heavy (non-hydrogen) atoms. The first kappa shape index (κ1) is 73.8. The quantitative estimate of drug-likeness (QED) is 0.0809. The first-order valence-corrected chi connectivity index (χ1v) is 27.9. The number of aliphatic hydroxyl groups is 3. The van der Waals surface area contributed by atoms with Gasteiger partial charge in [0.25, 0.3) is 0 Å². The van der Waals surface area contributed by atoms with E-state index in [0.29, 0.717) is 11.1 Å². The zero-order chi connectivity index (χ0) is 63.4. The van der Waals surface area contributed by atoms with Gasteiger partial charge >= 0.3 is 0 Å². The molecule has 3 radical (unpaired) electrons. The van der Waals surface area contributed by atoms with Crippen molar-refractivity contribution in [2.75, 3.05) is 0 Å². The van der Waals surface area contributed by atoms with Crippen LogP contribution in [0.5, 0.6) is 0 Å². The van der Waals surface area contributed by atoms with E-state index in [1.54, 1.807) is 18.6 Å². The van der Waals surface area contributed by atoms with Crippen LogP contribution in [0.4, 0.5) is 0 Å². The van der Waals surface area contributed by atoms with Crippen molar-refractivity contribution in [1.82, 2.24) is 15.0 Å². The smallest absolute Gasteiger partial charge is 0.195 e. The summed E-state index contributed by atoms with van der Waals surface area (Å²) in [5.74, 6) is 0.0152. The number of ketones is 6. The Bertz CT molecular complexity index is 4170. The molecule has 12 rings (SSSR count). The van der Waals surface area contributed by atoms with Crippen molar-refractivity contribution in [2.24, 2.45) is 0 Å². The number of fused-ring (bicyclic) bond motifs is 9. The van der Waals surface area contributed by atoms with E-state index in [-0.39, 0.29) is 112 Å². The molecule has 0 saturated carbocycles. The molecule has 15 heteroatoms. The maximum Gasteiger partial charge on any atom is 0.195 e. The molecule has 0 aliphatic heterocycles. The topological polar surface area (TPSA) is 202 Å². The summed E-state index contributed by atoms with van der Waals surface area (Å²) in [6.07, 6.45) is 8.77. The molecule has 3 aliphatic rings. The van der Waals surface area contributed by atoms with Crippen LogP contribution in [0.25, 0.3) is 67.2 Å². The molecule has 12 nitrogen and oxygen atoms in total. The molecule has 3 heterocycles. The summed E-state index contributed by atoms with van der Waals surface area (Å²) < 4.78 is 0. The number of hydrogen-bond donors (Lipinski definition) is 3. The second-order valence-corrected chi connectivity index (χ2v) is 21.4. The first-order chi connectivity index (χ1) is 41.3. The number of benzene rings is 6. The number of carbonyl (C=O) groups is 6. The number of aliphatic hydroxyl groups excluding tert-OH is 3. The maximum absolute atomic E-state index is 12.8. The number of pyridine rings is 3. The average molecular weight is 1730 g/mol. The molecule has 0 amide bonds. The van der Waals surface area contributed by atoms with Gasteiger partial charge in [-0.2, -0.15) is 0 Å². The van der Waals surface area contributed by atoms with Crippen molar-refractivity contribution in [3.63, 3.8) is 0 Å². The number of nitrogens with zero attached hydrogens (tertiary/aromatic N) is 3. The Hall–Kier alpha value is -8.64. The van der Waals surface area contributed by atoms with Gasteiger partial charge in [-0.3, -0.25) is 28.8 Å². The number of rotatable bonds is 6. The van der Waals surface area contributed by atoms with E-state index < -0.39 is 0 Å². The third-order valence-electron chi connectivity index (χ3n) is 13.3. The number of carbonyl (C=O) groups excluding carboxylic acids is 6.